The number of fused-ring (bicyclic) bond motifs is 2. The zero-order chi connectivity index (χ0) is 19.2. The predicted molar refractivity (Wildman–Crippen MR) is 99.2 cm³/mol. The molecule has 2 aromatic rings. The van der Waals surface area contributed by atoms with Gasteiger partial charge in [0, 0.05) is 17.6 Å². The molecule has 0 radical (unpaired) electrons. The predicted octanol–water partition coefficient (Wildman–Crippen LogP) is 3.02. The number of benzene rings is 2. The number of amides is 1. The molecule has 2 unspecified atom stereocenters. The highest BCUT2D eigenvalue weighted by molar-refractivity contribution is 7.89. The van der Waals surface area contributed by atoms with Crippen molar-refractivity contribution in [3.63, 3.8) is 0 Å². The van der Waals surface area contributed by atoms with Crippen molar-refractivity contribution in [2.24, 2.45) is 5.14 Å². The quantitative estimate of drug-likeness (QED) is 0.878. The third-order valence-corrected chi connectivity index (χ3v) is 6.67. The van der Waals surface area contributed by atoms with E-state index in [1.807, 2.05) is 17.0 Å². The van der Waals surface area contributed by atoms with Crippen LogP contribution in [0.1, 0.15) is 47.5 Å². The number of nitrogens with zero attached hydrogens (tertiary/aromatic N) is 1. The molecule has 1 amide bonds. The maximum Gasteiger partial charge on any atom is 0.254 e. The maximum absolute atomic E-state index is 13.2. The molecule has 27 heavy (non-hydrogen) atoms. The van der Waals surface area contributed by atoms with E-state index in [9.17, 15) is 17.6 Å². The van der Waals surface area contributed by atoms with E-state index in [0.29, 0.717) is 11.5 Å². The summed E-state index contributed by atoms with van der Waals surface area (Å²) in [5.74, 6) is 0.0233. The van der Waals surface area contributed by atoms with Gasteiger partial charge in [-0.25, -0.2) is 17.9 Å². The third-order valence-electron chi connectivity index (χ3n) is 5.74. The lowest BCUT2D eigenvalue weighted by molar-refractivity contribution is 0.0571. The molecule has 4 rings (SSSR count). The van der Waals surface area contributed by atoms with Crippen LogP contribution in [0.4, 0.5) is 4.39 Å². The largest absolute Gasteiger partial charge is 0.333 e. The first-order valence-corrected chi connectivity index (χ1v) is 10.6. The number of carbonyl (C=O) groups is 1. The zero-order valence-corrected chi connectivity index (χ0v) is 15.5. The first-order valence-electron chi connectivity index (χ1n) is 9.04. The minimum absolute atomic E-state index is 0.00274. The molecule has 2 N–H and O–H groups in total. The standard InChI is InChI=1S/C20H21FN2O3S/c21-16-5-1-13(2-6-16)15-11-17-7-8-18(12-15)23(17)20(24)14-3-9-19(10-4-14)27(22,25)26/h1-6,9-10,15,17-18H,7-8,11-12H2,(H2,22,25,26). The van der Waals surface area contributed by atoms with Crippen LogP contribution in [0.25, 0.3) is 0 Å². The van der Waals surface area contributed by atoms with Gasteiger partial charge in [0.15, 0.2) is 0 Å². The van der Waals surface area contributed by atoms with Crippen molar-refractivity contribution < 1.29 is 17.6 Å². The van der Waals surface area contributed by atoms with Gasteiger partial charge in [-0.05, 0) is 73.6 Å². The molecule has 0 aliphatic carbocycles. The molecule has 2 saturated heterocycles. The molecule has 5 nitrogen and oxygen atoms in total. The first-order chi connectivity index (χ1) is 12.8. The average molecular weight is 388 g/mol. The fraction of sp³-hybridized carbons (Fsp3) is 0.350. The Morgan fingerprint density at radius 2 is 1.52 bits per heavy atom. The van der Waals surface area contributed by atoms with Crippen LogP contribution >= 0.6 is 0 Å². The van der Waals surface area contributed by atoms with E-state index >= 15 is 0 Å². The van der Waals surface area contributed by atoms with Crippen LogP contribution in [-0.4, -0.2) is 31.3 Å². The van der Waals surface area contributed by atoms with Crippen LogP contribution in [0.5, 0.6) is 0 Å². The number of hydrogen-bond acceptors (Lipinski definition) is 3. The Balaban J connectivity index is 1.52. The number of halogens is 1. The van der Waals surface area contributed by atoms with E-state index in [-0.39, 0.29) is 28.7 Å². The molecule has 2 atom stereocenters. The van der Waals surface area contributed by atoms with E-state index < -0.39 is 10.0 Å². The maximum atomic E-state index is 13.2. The first kappa shape index (κ1) is 18.1. The van der Waals surface area contributed by atoms with Crippen molar-refractivity contribution in [1.82, 2.24) is 4.90 Å². The summed E-state index contributed by atoms with van der Waals surface area (Å²) >= 11 is 0. The van der Waals surface area contributed by atoms with Gasteiger partial charge >= 0.3 is 0 Å². The van der Waals surface area contributed by atoms with Crippen molar-refractivity contribution in [3.8, 4) is 0 Å². The van der Waals surface area contributed by atoms with Crippen LogP contribution in [0, 0.1) is 5.82 Å². The van der Waals surface area contributed by atoms with Crippen molar-refractivity contribution in [2.75, 3.05) is 0 Å². The lowest BCUT2D eigenvalue weighted by Crippen LogP contribution is -2.46. The topological polar surface area (TPSA) is 80.5 Å². The van der Waals surface area contributed by atoms with Crippen LogP contribution in [-0.2, 0) is 10.0 Å². The number of sulfonamides is 1. The summed E-state index contributed by atoms with van der Waals surface area (Å²) < 4.78 is 35.9. The van der Waals surface area contributed by atoms with Gasteiger partial charge in [-0.15, -0.1) is 0 Å². The van der Waals surface area contributed by atoms with Gasteiger partial charge in [0.2, 0.25) is 10.0 Å². The van der Waals surface area contributed by atoms with Gasteiger partial charge in [-0.1, -0.05) is 12.1 Å². The molecule has 2 heterocycles. The van der Waals surface area contributed by atoms with E-state index in [0.717, 1.165) is 31.2 Å². The highest BCUT2D eigenvalue weighted by Crippen LogP contribution is 2.43. The molecule has 2 fully saturated rings. The molecule has 2 aliphatic rings. The van der Waals surface area contributed by atoms with Gasteiger partial charge in [0.1, 0.15) is 5.82 Å². The molecule has 7 heteroatoms. The van der Waals surface area contributed by atoms with Gasteiger partial charge in [-0.3, -0.25) is 4.79 Å². The molecule has 2 aromatic carbocycles. The van der Waals surface area contributed by atoms with E-state index in [4.69, 9.17) is 5.14 Å². The summed E-state index contributed by atoms with van der Waals surface area (Å²) in [6, 6.07) is 12.7. The number of nitrogens with two attached hydrogens (primary N) is 1. The Kier molecular flexibility index (Phi) is 4.52. The summed E-state index contributed by atoms with van der Waals surface area (Å²) in [5.41, 5.74) is 1.59. The van der Waals surface area contributed by atoms with Crippen LogP contribution < -0.4 is 5.14 Å². The number of rotatable bonds is 3. The van der Waals surface area contributed by atoms with Gasteiger partial charge < -0.3 is 4.90 Å². The van der Waals surface area contributed by atoms with Crippen molar-refractivity contribution in [2.45, 2.75) is 48.6 Å². The molecule has 2 bridgehead atoms. The van der Waals surface area contributed by atoms with Crippen molar-refractivity contribution >= 4 is 15.9 Å². The molecule has 0 aromatic heterocycles. The number of primary sulfonamides is 1. The number of piperidine rings is 1. The molecular formula is C20H21FN2O3S. The van der Waals surface area contributed by atoms with Crippen molar-refractivity contribution in [1.29, 1.82) is 0 Å². The molecule has 2 aliphatic heterocycles. The fourth-order valence-corrected chi connectivity index (χ4v) is 4.97. The summed E-state index contributed by atoms with van der Waals surface area (Å²) in [6.45, 7) is 0. The summed E-state index contributed by atoms with van der Waals surface area (Å²) in [6.07, 6.45) is 3.65. The van der Waals surface area contributed by atoms with Gasteiger partial charge in [0.05, 0.1) is 4.90 Å². The monoisotopic (exact) mass is 388 g/mol. The van der Waals surface area contributed by atoms with Gasteiger partial charge in [-0.2, -0.15) is 0 Å². The summed E-state index contributed by atoms with van der Waals surface area (Å²) in [7, 11) is -3.77. The third kappa shape index (κ3) is 3.49. The van der Waals surface area contributed by atoms with Crippen LogP contribution in [0.2, 0.25) is 0 Å². The zero-order valence-electron chi connectivity index (χ0n) is 14.7. The molecule has 0 saturated carbocycles. The smallest absolute Gasteiger partial charge is 0.254 e. The van der Waals surface area contributed by atoms with E-state index in [1.54, 1.807) is 0 Å². The Morgan fingerprint density at radius 1 is 0.963 bits per heavy atom. The number of hydrogen-bond donors (Lipinski definition) is 1. The molecule has 0 spiro atoms. The Hall–Kier alpha value is -2.25. The van der Waals surface area contributed by atoms with E-state index in [1.165, 1.54) is 36.4 Å². The normalized spacial score (nSPS) is 24.8. The SMILES string of the molecule is NS(=O)(=O)c1ccc(C(=O)N2C3CCC2CC(c2ccc(F)cc2)C3)cc1. The minimum Gasteiger partial charge on any atom is -0.333 e. The van der Waals surface area contributed by atoms with Crippen molar-refractivity contribution in [3.05, 3.63) is 65.5 Å². The minimum atomic E-state index is -3.77. The number of carbonyl (C=O) groups excluding carboxylic acids is 1. The Bertz CT molecular complexity index is 944. The molecular weight excluding hydrogens is 367 g/mol. The second-order valence-electron chi connectivity index (χ2n) is 7.39. The summed E-state index contributed by atoms with van der Waals surface area (Å²) in [5, 5.41) is 5.11. The average Bonchev–Trinajstić information content (AvgIpc) is 2.90. The van der Waals surface area contributed by atoms with Crippen LogP contribution in [0.3, 0.4) is 0 Å². The second kappa shape index (κ2) is 6.73. The second-order valence-corrected chi connectivity index (χ2v) is 8.95. The highest BCUT2D eigenvalue weighted by atomic mass is 32.2. The lowest BCUT2D eigenvalue weighted by atomic mass is 9.85. The van der Waals surface area contributed by atoms with Crippen LogP contribution in [0.15, 0.2) is 53.4 Å². The van der Waals surface area contributed by atoms with E-state index in [2.05, 4.69) is 0 Å². The summed E-state index contributed by atoms with van der Waals surface area (Å²) in [4.78, 5) is 15.0. The fourth-order valence-electron chi connectivity index (χ4n) is 4.45. The van der Waals surface area contributed by atoms with Gasteiger partial charge in [0.25, 0.3) is 5.91 Å². The lowest BCUT2D eigenvalue weighted by Gasteiger charge is -2.39. The Labute approximate surface area is 158 Å². The molecule has 142 valence electrons. The highest BCUT2D eigenvalue weighted by Gasteiger charge is 2.43. The Morgan fingerprint density at radius 3 is 2.04 bits per heavy atom.